The third kappa shape index (κ3) is 9.17. The number of benzene rings is 1. The molecule has 0 saturated heterocycles. The summed E-state index contributed by atoms with van der Waals surface area (Å²) in [5.74, 6) is -2.05. The molecular formula is C23H35F2N5O2S. The number of anilines is 1. The summed E-state index contributed by atoms with van der Waals surface area (Å²) in [6.07, 6.45) is 4.28. The molecule has 1 atom stereocenters. The van der Waals surface area contributed by atoms with Gasteiger partial charge in [0.1, 0.15) is 11.6 Å². The van der Waals surface area contributed by atoms with Crippen LogP contribution in [0.5, 0.6) is 0 Å². The van der Waals surface area contributed by atoms with Gasteiger partial charge in [-0.25, -0.2) is 27.2 Å². The van der Waals surface area contributed by atoms with E-state index < -0.39 is 27.6 Å². The van der Waals surface area contributed by atoms with Crippen LogP contribution < -0.4 is 16.2 Å². The van der Waals surface area contributed by atoms with Crippen LogP contribution in [0.15, 0.2) is 47.8 Å². The molecule has 184 valence electrons. The molecule has 0 radical (unpaired) electrons. The van der Waals surface area contributed by atoms with Gasteiger partial charge in [-0.15, -0.1) is 0 Å². The van der Waals surface area contributed by atoms with Crippen molar-refractivity contribution >= 4 is 21.7 Å². The molecule has 10 heteroatoms. The molecule has 0 aliphatic rings. The standard InChI is InChI=1S/C19H23F2N5O2S.2C2H6/c1-4-12(10-15(22)17-13(20)6-5-7-14(17)21)18(23)11(2)16-8-9-24-19(25-16)26-29(3,27)28;2*1-2/h5-11H,4,22-23H2,1-3H3,(H,24,25,26);2*1-2H3/b15-10-,18-12-;;. The van der Waals surface area contributed by atoms with Crippen molar-refractivity contribution in [2.75, 3.05) is 11.0 Å². The summed E-state index contributed by atoms with van der Waals surface area (Å²) < 4.78 is 52.9. The normalized spacial score (nSPS) is 12.9. The smallest absolute Gasteiger partial charge is 0.236 e. The fourth-order valence-corrected chi connectivity index (χ4v) is 3.12. The first kappa shape index (κ1) is 30.0. The van der Waals surface area contributed by atoms with Crippen LogP contribution in [-0.2, 0) is 10.0 Å². The van der Waals surface area contributed by atoms with E-state index in [0.29, 0.717) is 23.4 Å². The van der Waals surface area contributed by atoms with Gasteiger partial charge in [0.25, 0.3) is 0 Å². The number of allylic oxidation sites excluding steroid dienone is 3. The van der Waals surface area contributed by atoms with Gasteiger partial charge < -0.3 is 11.5 Å². The van der Waals surface area contributed by atoms with Crippen LogP contribution in [0, 0.1) is 11.6 Å². The van der Waals surface area contributed by atoms with Crippen molar-refractivity contribution in [3.8, 4) is 0 Å². The summed E-state index contributed by atoms with van der Waals surface area (Å²) in [5.41, 5.74) is 13.2. The maximum absolute atomic E-state index is 14.0. The topological polar surface area (TPSA) is 124 Å². The summed E-state index contributed by atoms with van der Waals surface area (Å²) in [5, 5.41) is 0. The van der Waals surface area contributed by atoms with Crippen LogP contribution in [-0.4, -0.2) is 24.6 Å². The molecule has 2 rings (SSSR count). The molecule has 0 amide bonds. The molecule has 1 aromatic carbocycles. The highest BCUT2D eigenvalue weighted by Gasteiger charge is 2.17. The second kappa shape index (κ2) is 14.2. The molecule has 7 nitrogen and oxygen atoms in total. The molecule has 0 fully saturated rings. The highest BCUT2D eigenvalue weighted by atomic mass is 32.2. The van der Waals surface area contributed by atoms with Crippen molar-refractivity contribution in [3.63, 3.8) is 0 Å². The second-order valence-corrected chi connectivity index (χ2v) is 8.18. The fraction of sp³-hybridized carbons (Fsp3) is 0.391. The van der Waals surface area contributed by atoms with Crippen LogP contribution >= 0.6 is 0 Å². The predicted molar refractivity (Wildman–Crippen MR) is 132 cm³/mol. The summed E-state index contributed by atoms with van der Waals surface area (Å²) >= 11 is 0. The van der Waals surface area contributed by atoms with Crippen molar-refractivity contribution in [2.24, 2.45) is 11.5 Å². The number of halogens is 2. The van der Waals surface area contributed by atoms with Crippen molar-refractivity contribution in [2.45, 2.75) is 53.9 Å². The lowest BCUT2D eigenvalue weighted by Crippen LogP contribution is -2.16. The van der Waals surface area contributed by atoms with Gasteiger partial charge in [-0.05, 0) is 36.3 Å². The molecule has 0 aliphatic heterocycles. The quantitative estimate of drug-likeness (QED) is 0.481. The highest BCUT2D eigenvalue weighted by molar-refractivity contribution is 7.91. The van der Waals surface area contributed by atoms with Crippen molar-refractivity contribution < 1.29 is 17.2 Å². The van der Waals surface area contributed by atoms with Gasteiger partial charge in [-0.2, -0.15) is 0 Å². The minimum absolute atomic E-state index is 0.0776. The highest BCUT2D eigenvalue weighted by Crippen LogP contribution is 2.26. The Balaban J connectivity index is 0.00000242. The van der Waals surface area contributed by atoms with Gasteiger partial charge in [0, 0.05) is 23.5 Å². The molecule has 33 heavy (non-hydrogen) atoms. The van der Waals surface area contributed by atoms with Gasteiger partial charge in [0.15, 0.2) is 0 Å². The van der Waals surface area contributed by atoms with E-state index in [1.807, 2.05) is 34.6 Å². The molecule has 0 bridgehead atoms. The zero-order valence-corrected chi connectivity index (χ0v) is 21.1. The molecule has 2 aromatic rings. The largest absolute Gasteiger partial charge is 0.401 e. The lowest BCUT2D eigenvalue weighted by molar-refractivity contribution is 0.576. The zero-order chi connectivity index (χ0) is 25.8. The van der Waals surface area contributed by atoms with Crippen LogP contribution in [0.3, 0.4) is 0 Å². The Bertz CT molecular complexity index is 1050. The van der Waals surface area contributed by atoms with E-state index in [4.69, 9.17) is 11.5 Å². The first-order chi connectivity index (χ1) is 15.5. The molecule has 1 unspecified atom stereocenters. The van der Waals surface area contributed by atoms with Crippen molar-refractivity contribution in [3.05, 3.63) is 70.7 Å². The van der Waals surface area contributed by atoms with E-state index in [9.17, 15) is 17.2 Å². The maximum atomic E-state index is 14.0. The van der Waals surface area contributed by atoms with Gasteiger partial charge in [0.2, 0.25) is 16.0 Å². The van der Waals surface area contributed by atoms with Crippen LogP contribution in [0.25, 0.3) is 5.70 Å². The molecule has 0 spiro atoms. The van der Waals surface area contributed by atoms with Gasteiger partial charge in [-0.3, -0.25) is 4.72 Å². The SMILES string of the molecule is CC.CC.CCC(/C=C(\N)c1c(F)cccc1F)=C(/N)C(C)c1ccnc(NS(C)(=O)=O)n1. The van der Waals surface area contributed by atoms with E-state index in [-0.39, 0.29) is 17.2 Å². The molecule has 1 aromatic heterocycles. The summed E-state index contributed by atoms with van der Waals surface area (Å²) in [4.78, 5) is 8.04. The van der Waals surface area contributed by atoms with Crippen molar-refractivity contribution in [1.82, 2.24) is 9.97 Å². The summed E-state index contributed by atoms with van der Waals surface area (Å²) in [6.45, 7) is 11.6. The molecular weight excluding hydrogens is 448 g/mol. The monoisotopic (exact) mass is 483 g/mol. The number of aromatic nitrogens is 2. The number of nitrogens with zero attached hydrogens (tertiary/aromatic N) is 2. The van der Waals surface area contributed by atoms with Gasteiger partial charge in [-0.1, -0.05) is 47.6 Å². The summed E-state index contributed by atoms with van der Waals surface area (Å²) in [7, 11) is -3.53. The van der Waals surface area contributed by atoms with Gasteiger partial charge >= 0.3 is 0 Å². The summed E-state index contributed by atoms with van der Waals surface area (Å²) in [6, 6.07) is 5.10. The molecule has 1 heterocycles. The number of nitrogens with one attached hydrogen (secondary N) is 1. The Morgan fingerprint density at radius 3 is 2.15 bits per heavy atom. The first-order valence-corrected chi connectivity index (χ1v) is 12.6. The number of nitrogens with two attached hydrogens (primary N) is 2. The van der Waals surface area contributed by atoms with Crippen LogP contribution in [0.2, 0.25) is 0 Å². The Hall–Kier alpha value is -3.01. The fourth-order valence-electron chi connectivity index (χ4n) is 2.69. The maximum Gasteiger partial charge on any atom is 0.236 e. The third-order valence-electron chi connectivity index (χ3n) is 4.20. The van der Waals surface area contributed by atoms with E-state index in [0.717, 1.165) is 18.4 Å². The Morgan fingerprint density at radius 1 is 1.12 bits per heavy atom. The lowest BCUT2D eigenvalue weighted by Gasteiger charge is -2.16. The van der Waals surface area contributed by atoms with Crippen LogP contribution in [0.4, 0.5) is 14.7 Å². The first-order valence-electron chi connectivity index (χ1n) is 10.7. The molecule has 0 aliphatic carbocycles. The Kier molecular flexibility index (Phi) is 12.9. The van der Waals surface area contributed by atoms with Gasteiger partial charge in [0.05, 0.1) is 17.5 Å². The second-order valence-electron chi connectivity index (χ2n) is 6.43. The number of hydrogen-bond donors (Lipinski definition) is 3. The lowest BCUT2D eigenvalue weighted by atomic mass is 9.96. The Morgan fingerprint density at radius 2 is 1.67 bits per heavy atom. The average molecular weight is 484 g/mol. The minimum Gasteiger partial charge on any atom is -0.401 e. The van der Waals surface area contributed by atoms with E-state index in [2.05, 4.69) is 14.7 Å². The average Bonchev–Trinajstić information content (AvgIpc) is 2.78. The van der Waals surface area contributed by atoms with E-state index in [1.165, 1.54) is 18.3 Å². The molecule has 0 saturated carbocycles. The Labute approximate surface area is 196 Å². The third-order valence-corrected chi connectivity index (χ3v) is 4.75. The van der Waals surface area contributed by atoms with Crippen molar-refractivity contribution in [1.29, 1.82) is 0 Å². The van der Waals surface area contributed by atoms with Crippen LogP contribution in [0.1, 0.15) is 65.1 Å². The minimum atomic E-state index is -3.53. The predicted octanol–water partition coefficient (Wildman–Crippen LogP) is 4.90. The number of rotatable bonds is 7. The van der Waals surface area contributed by atoms with E-state index in [1.54, 1.807) is 13.0 Å². The zero-order valence-electron chi connectivity index (χ0n) is 20.3. The van der Waals surface area contributed by atoms with E-state index >= 15 is 0 Å². The number of sulfonamides is 1. The number of hydrogen-bond acceptors (Lipinski definition) is 6. The molecule has 5 N–H and O–H groups in total.